The van der Waals surface area contributed by atoms with Gasteiger partial charge in [0.2, 0.25) is 5.91 Å². The minimum absolute atomic E-state index is 0.103. The number of amides is 1. The van der Waals surface area contributed by atoms with E-state index >= 15 is 0 Å². The Bertz CT molecular complexity index is 537. The quantitative estimate of drug-likeness (QED) is 0.859. The number of hydrogen-bond acceptors (Lipinski definition) is 3. The molecule has 0 radical (unpaired) electrons. The predicted octanol–water partition coefficient (Wildman–Crippen LogP) is 1.49. The lowest BCUT2D eigenvalue weighted by Gasteiger charge is -2.06. The largest absolute Gasteiger partial charge is 0.394 e. The molecule has 5 heteroatoms. The zero-order chi connectivity index (χ0) is 13.1. The first kappa shape index (κ1) is 12.2. The average molecular weight is 244 g/mol. The van der Waals surface area contributed by atoms with Gasteiger partial charge in [-0.3, -0.25) is 9.48 Å². The number of aryl methyl sites for hydroxylation is 2. The van der Waals surface area contributed by atoms with E-state index in [1.54, 1.807) is 11.7 Å². The van der Waals surface area contributed by atoms with Gasteiger partial charge in [-0.1, -0.05) is 29.8 Å². The highest BCUT2D eigenvalue weighted by molar-refractivity contribution is 5.93. The van der Waals surface area contributed by atoms with Crippen LogP contribution in [0.5, 0.6) is 0 Å². The molecule has 0 aliphatic carbocycles. The molecule has 1 aromatic heterocycles. The van der Waals surface area contributed by atoms with Crippen LogP contribution in [0.1, 0.15) is 11.1 Å². The van der Waals surface area contributed by atoms with Gasteiger partial charge in [0.15, 0.2) is 5.82 Å². The maximum atomic E-state index is 11.9. The molecule has 18 heavy (non-hydrogen) atoms. The van der Waals surface area contributed by atoms with Crippen molar-refractivity contribution in [2.75, 3.05) is 11.1 Å². The molecule has 0 bridgehead atoms. The second-order valence-corrected chi connectivity index (χ2v) is 4.28. The lowest BCUT2D eigenvalue weighted by molar-refractivity contribution is -0.115. The molecule has 0 saturated heterocycles. The van der Waals surface area contributed by atoms with E-state index in [9.17, 15) is 4.79 Å². The summed E-state index contributed by atoms with van der Waals surface area (Å²) in [4.78, 5) is 11.9. The van der Waals surface area contributed by atoms with Crippen LogP contribution in [0.3, 0.4) is 0 Å². The first-order chi connectivity index (χ1) is 8.56. The summed E-state index contributed by atoms with van der Waals surface area (Å²) >= 11 is 0. The first-order valence-corrected chi connectivity index (χ1v) is 5.69. The summed E-state index contributed by atoms with van der Waals surface area (Å²) in [5.41, 5.74) is 8.32. The summed E-state index contributed by atoms with van der Waals surface area (Å²) < 4.78 is 1.54. The second-order valence-electron chi connectivity index (χ2n) is 4.28. The second kappa shape index (κ2) is 4.91. The Morgan fingerprint density at radius 3 is 2.61 bits per heavy atom. The maximum absolute atomic E-state index is 11.9. The van der Waals surface area contributed by atoms with E-state index in [-0.39, 0.29) is 5.91 Å². The van der Waals surface area contributed by atoms with Crippen molar-refractivity contribution in [2.45, 2.75) is 13.3 Å². The van der Waals surface area contributed by atoms with Gasteiger partial charge in [0.05, 0.1) is 18.3 Å². The topological polar surface area (TPSA) is 72.9 Å². The van der Waals surface area contributed by atoms with Crippen molar-refractivity contribution in [1.29, 1.82) is 0 Å². The smallest absolute Gasteiger partial charge is 0.229 e. The van der Waals surface area contributed by atoms with Gasteiger partial charge in [0.25, 0.3) is 0 Å². The third-order valence-corrected chi connectivity index (χ3v) is 2.71. The fourth-order valence-electron chi connectivity index (χ4n) is 1.68. The number of nitrogens with one attached hydrogen (secondary N) is 1. The molecule has 5 nitrogen and oxygen atoms in total. The molecule has 94 valence electrons. The normalized spacial score (nSPS) is 10.3. The Kier molecular flexibility index (Phi) is 3.32. The van der Waals surface area contributed by atoms with E-state index < -0.39 is 0 Å². The molecule has 1 heterocycles. The van der Waals surface area contributed by atoms with Crippen molar-refractivity contribution in [3.05, 3.63) is 41.6 Å². The standard InChI is InChI=1S/C13H16N4O/c1-9-3-5-10(6-4-9)7-12(18)16-13-11(14)8-15-17(13)2/h3-6,8H,7,14H2,1-2H3,(H,16,18). The Hall–Kier alpha value is -2.30. The third-order valence-electron chi connectivity index (χ3n) is 2.71. The van der Waals surface area contributed by atoms with Crippen LogP contribution in [0.25, 0.3) is 0 Å². The van der Waals surface area contributed by atoms with Crippen LogP contribution in [0.4, 0.5) is 11.5 Å². The van der Waals surface area contributed by atoms with Gasteiger partial charge < -0.3 is 11.1 Å². The highest BCUT2D eigenvalue weighted by Crippen LogP contribution is 2.16. The highest BCUT2D eigenvalue weighted by Gasteiger charge is 2.09. The van der Waals surface area contributed by atoms with Gasteiger partial charge >= 0.3 is 0 Å². The van der Waals surface area contributed by atoms with Crippen LogP contribution >= 0.6 is 0 Å². The van der Waals surface area contributed by atoms with Gasteiger partial charge in [-0.2, -0.15) is 5.10 Å². The number of nitrogens with zero attached hydrogens (tertiary/aromatic N) is 2. The Morgan fingerprint density at radius 1 is 1.39 bits per heavy atom. The molecule has 0 saturated carbocycles. The molecule has 0 aliphatic heterocycles. The molecule has 0 fully saturated rings. The molecule has 1 amide bonds. The van der Waals surface area contributed by atoms with Gasteiger partial charge in [-0.15, -0.1) is 0 Å². The lowest BCUT2D eigenvalue weighted by Crippen LogP contribution is -2.17. The first-order valence-electron chi connectivity index (χ1n) is 5.69. The third kappa shape index (κ3) is 2.68. The fourth-order valence-corrected chi connectivity index (χ4v) is 1.68. The molecule has 2 aromatic rings. The molecule has 0 aliphatic rings. The predicted molar refractivity (Wildman–Crippen MR) is 71.1 cm³/mol. The summed E-state index contributed by atoms with van der Waals surface area (Å²) in [5, 5.41) is 6.72. The van der Waals surface area contributed by atoms with Crippen LogP contribution in [-0.2, 0) is 18.3 Å². The number of carbonyl (C=O) groups excluding carboxylic acids is 1. The Balaban J connectivity index is 2.03. The van der Waals surface area contributed by atoms with E-state index in [0.717, 1.165) is 5.56 Å². The SMILES string of the molecule is Cc1ccc(CC(=O)Nc2c(N)cnn2C)cc1. The average Bonchev–Trinajstić information content (AvgIpc) is 2.64. The van der Waals surface area contributed by atoms with Gasteiger partial charge in [0.1, 0.15) is 0 Å². The Morgan fingerprint density at radius 2 is 2.06 bits per heavy atom. The van der Waals surface area contributed by atoms with Crippen molar-refractivity contribution < 1.29 is 4.79 Å². The van der Waals surface area contributed by atoms with E-state index in [4.69, 9.17) is 5.73 Å². The van der Waals surface area contributed by atoms with Crippen molar-refractivity contribution in [1.82, 2.24) is 9.78 Å². The minimum atomic E-state index is -0.103. The van der Waals surface area contributed by atoms with Crippen LogP contribution in [-0.4, -0.2) is 15.7 Å². The summed E-state index contributed by atoms with van der Waals surface area (Å²) in [6.45, 7) is 2.01. The Labute approximate surface area is 106 Å². The molecule has 0 spiro atoms. The molecule has 3 N–H and O–H groups in total. The number of benzene rings is 1. The van der Waals surface area contributed by atoms with Gasteiger partial charge in [-0.25, -0.2) is 0 Å². The fraction of sp³-hybridized carbons (Fsp3) is 0.231. The number of nitrogens with two attached hydrogens (primary N) is 1. The number of aromatic nitrogens is 2. The highest BCUT2D eigenvalue weighted by atomic mass is 16.1. The summed E-state index contributed by atoms with van der Waals surface area (Å²) in [5.74, 6) is 0.432. The number of anilines is 2. The van der Waals surface area contributed by atoms with E-state index in [1.807, 2.05) is 31.2 Å². The molecule has 0 atom stereocenters. The molecule has 0 unspecified atom stereocenters. The van der Waals surface area contributed by atoms with Crippen molar-refractivity contribution in [3.63, 3.8) is 0 Å². The number of hydrogen-bond donors (Lipinski definition) is 2. The van der Waals surface area contributed by atoms with Crippen molar-refractivity contribution in [3.8, 4) is 0 Å². The minimum Gasteiger partial charge on any atom is -0.394 e. The van der Waals surface area contributed by atoms with E-state index in [0.29, 0.717) is 17.9 Å². The van der Waals surface area contributed by atoms with E-state index in [1.165, 1.54) is 11.8 Å². The van der Waals surface area contributed by atoms with Crippen LogP contribution in [0.2, 0.25) is 0 Å². The lowest BCUT2D eigenvalue weighted by atomic mass is 10.1. The maximum Gasteiger partial charge on any atom is 0.229 e. The van der Waals surface area contributed by atoms with Crippen molar-refractivity contribution in [2.24, 2.45) is 7.05 Å². The van der Waals surface area contributed by atoms with Gasteiger partial charge in [0, 0.05) is 7.05 Å². The van der Waals surface area contributed by atoms with Gasteiger partial charge in [-0.05, 0) is 12.5 Å². The monoisotopic (exact) mass is 244 g/mol. The summed E-state index contributed by atoms with van der Waals surface area (Å²) in [7, 11) is 1.73. The molecular weight excluding hydrogens is 228 g/mol. The van der Waals surface area contributed by atoms with Crippen LogP contribution in [0.15, 0.2) is 30.5 Å². The van der Waals surface area contributed by atoms with E-state index in [2.05, 4.69) is 10.4 Å². The summed E-state index contributed by atoms with van der Waals surface area (Å²) in [6.07, 6.45) is 1.84. The molecule has 1 aromatic carbocycles. The van der Waals surface area contributed by atoms with Crippen LogP contribution in [0, 0.1) is 6.92 Å². The number of carbonyl (C=O) groups is 1. The molecular formula is C13H16N4O. The number of rotatable bonds is 3. The van der Waals surface area contributed by atoms with Crippen molar-refractivity contribution >= 4 is 17.4 Å². The molecule has 2 rings (SSSR count). The zero-order valence-electron chi connectivity index (χ0n) is 10.5. The summed E-state index contributed by atoms with van der Waals surface area (Å²) in [6, 6.07) is 7.87. The number of nitrogen functional groups attached to an aromatic ring is 1. The zero-order valence-corrected chi connectivity index (χ0v) is 10.5. The van der Waals surface area contributed by atoms with Crippen LogP contribution < -0.4 is 11.1 Å².